The molecule has 0 heterocycles. The molecule has 0 fully saturated rings. The molecular formula is C26H10N2. The SMILES string of the molecule is C#CC1=c2c(C#N)c3c(c(C#N)c2-c2ccccc21)=C(C#C)c1ccccc1-3. The van der Waals surface area contributed by atoms with E-state index in [4.69, 9.17) is 12.8 Å². The zero-order chi connectivity index (χ0) is 19.4. The molecule has 5 rings (SSSR count). The standard InChI is InChI=1S/C26H10N2/c1-3-15-17-9-5-7-11-19(17)25-22(14-28)24-16(4-2)18-10-6-8-12-20(18)26(24)21(13-27)23(15)25/h1-2,5-12H. The molecule has 0 N–H and O–H groups in total. The highest BCUT2D eigenvalue weighted by molar-refractivity contribution is 6.04. The lowest BCUT2D eigenvalue weighted by molar-refractivity contribution is 1.40. The molecule has 0 aromatic heterocycles. The van der Waals surface area contributed by atoms with Crippen molar-refractivity contribution in [2.75, 3.05) is 0 Å². The van der Waals surface area contributed by atoms with Crippen LogP contribution in [0.5, 0.6) is 0 Å². The van der Waals surface area contributed by atoms with Crippen LogP contribution in [0.3, 0.4) is 0 Å². The van der Waals surface area contributed by atoms with E-state index in [1.54, 1.807) is 0 Å². The van der Waals surface area contributed by atoms with Gasteiger partial charge < -0.3 is 0 Å². The molecule has 2 nitrogen and oxygen atoms in total. The average molecular weight is 350 g/mol. The maximum atomic E-state index is 10.1. The molecular weight excluding hydrogens is 340 g/mol. The van der Waals surface area contributed by atoms with Gasteiger partial charge in [-0.3, -0.25) is 0 Å². The van der Waals surface area contributed by atoms with Gasteiger partial charge in [0.1, 0.15) is 12.1 Å². The normalized spacial score (nSPS) is 12.0. The van der Waals surface area contributed by atoms with Crippen molar-refractivity contribution in [1.82, 2.24) is 0 Å². The van der Waals surface area contributed by atoms with Gasteiger partial charge in [0.15, 0.2) is 0 Å². The minimum atomic E-state index is 0.478. The highest BCUT2D eigenvalue weighted by atomic mass is 14.4. The van der Waals surface area contributed by atoms with Crippen molar-refractivity contribution >= 4 is 11.1 Å². The first kappa shape index (κ1) is 15.7. The van der Waals surface area contributed by atoms with Crippen molar-refractivity contribution in [3.63, 3.8) is 0 Å². The molecule has 2 heteroatoms. The second-order valence-corrected chi connectivity index (χ2v) is 6.60. The summed E-state index contributed by atoms with van der Waals surface area (Å²) in [6.45, 7) is 0. The predicted octanol–water partition coefficient (Wildman–Crippen LogP) is 3.06. The molecule has 0 aliphatic heterocycles. The third-order valence-electron chi connectivity index (χ3n) is 5.44. The van der Waals surface area contributed by atoms with E-state index < -0.39 is 0 Å². The van der Waals surface area contributed by atoms with Crippen molar-refractivity contribution < 1.29 is 0 Å². The van der Waals surface area contributed by atoms with Crippen molar-refractivity contribution in [2.24, 2.45) is 0 Å². The van der Waals surface area contributed by atoms with Crippen LogP contribution in [0.1, 0.15) is 22.3 Å². The van der Waals surface area contributed by atoms with E-state index in [0.717, 1.165) is 22.3 Å². The lowest BCUT2D eigenvalue weighted by atomic mass is 9.91. The molecule has 28 heavy (non-hydrogen) atoms. The summed E-state index contributed by atoms with van der Waals surface area (Å²) in [7, 11) is 0. The number of fused-ring (bicyclic) bond motifs is 6. The number of nitrogens with zero attached hydrogens (tertiary/aromatic N) is 2. The first-order valence-electron chi connectivity index (χ1n) is 8.68. The van der Waals surface area contributed by atoms with Crippen molar-refractivity contribution in [1.29, 1.82) is 10.5 Å². The Bertz CT molecular complexity index is 1420. The number of nitriles is 2. The number of hydrogen-bond acceptors (Lipinski definition) is 2. The third kappa shape index (κ3) is 1.67. The van der Waals surface area contributed by atoms with E-state index in [-0.39, 0.29) is 0 Å². The summed E-state index contributed by atoms with van der Waals surface area (Å²) in [6.07, 6.45) is 11.7. The molecule has 0 saturated carbocycles. The summed E-state index contributed by atoms with van der Waals surface area (Å²) in [5, 5.41) is 21.6. The van der Waals surface area contributed by atoms with Crippen LogP contribution in [0, 0.1) is 47.3 Å². The molecule has 2 aliphatic rings. The lowest BCUT2D eigenvalue weighted by Crippen LogP contribution is -2.23. The Balaban J connectivity index is 2.19. The van der Waals surface area contributed by atoms with Crippen molar-refractivity contribution in [3.05, 3.63) is 81.2 Å². The van der Waals surface area contributed by atoms with Gasteiger partial charge in [-0.05, 0) is 22.3 Å². The Morgan fingerprint density at radius 2 is 0.929 bits per heavy atom. The molecule has 3 aromatic carbocycles. The van der Waals surface area contributed by atoms with Crippen LogP contribution in [0.25, 0.3) is 33.4 Å². The molecule has 2 aliphatic carbocycles. The molecule has 0 saturated heterocycles. The van der Waals surface area contributed by atoms with Crippen molar-refractivity contribution in [3.8, 4) is 59.1 Å². The van der Waals surface area contributed by atoms with Crippen LogP contribution in [0.4, 0.5) is 0 Å². The minimum absolute atomic E-state index is 0.478. The van der Waals surface area contributed by atoms with Gasteiger partial charge in [0, 0.05) is 32.7 Å². The van der Waals surface area contributed by atoms with Crippen LogP contribution in [-0.4, -0.2) is 0 Å². The van der Waals surface area contributed by atoms with Gasteiger partial charge in [0.2, 0.25) is 0 Å². The monoisotopic (exact) mass is 350 g/mol. The zero-order valence-electron chi connectivity index (χ0n) is 14.7. The van der Waals surface area contributed by atoms with Gasteiger partial charge in [-0.1, -0.05) is 60.4 Å². The molecule has 3 aromatic rings. The van der Waals surface area contributed by atoms with Crippen LogP contribution in [-0.2, 0) is 0 Å². The molecule has 0 atom stereocenters. The molecule has 0 unspecified atom stereocenters. The topological polar surface area (TPSA) is 47.6 Å². The van der Waals surface area contributed by atoms with Crippen LogP contribution < -0.4 is 10.4 Å². The predicted molar refractivity (Wildman–Crippen MR) is 109 cm³/mol. The van der Waals surface area contributed by atoms with E-state index in [1.165, 1.54) is 0 Å². The fraction of sp³-hybridized carbons (Fsp3) is 0. The summed E-state index contributed by atoms with van der Waals surface area (Å²) < 4.78 is 0. The van der Waals surface area contributed by atoms with E-state index in [2.05, 4.69) is 24.0 Å². The van der Waals surface area contributed by atoms with Gasteiger partial charge in [0.05, 0.1) is 11.1 Å². The smallest absolute Gasteiger partial charge is 0.100 e. The fourth-order valence-electron chi connectivity index (χ4n) is 4.42. The van der Waals surface area contributed by atoms with Crippen LogP contribution >= 0.6 is 0 Å². The first-order chi connectivity index (χ1) is 13.8. The quantitative estimate of drug-likeness (QED) is 0.585. The van der Waals surface area contributed by atoms with E-state index >= 15 is 0 Å². The number of rotatable bonds is 0. The Labute approximate surface area is 162 Å². The molecule has 0 amide bonds. The second-order valence-electron chi connectivity index (χ2n) is 6.60. The lowest BCUT2D eigenvalue weighted by Gasteiger charge is -2.09. The highest BCUT2D eigenvalue weighted by Crippen LogP contribution is 2.39. The molecule has 0 bridgehead atoms. The largest absolute Gasteiger partial charge is 0.192 e. The average Bonchev–Trinajstić information content (AvgIpc) is 3.25. The Kier molecular flexibility index (Phi) is 3.09. The van der Waals surface area contributed by atoms with E-state index in [0.29, 0.717) is 43.8 Å². The summed E-state index contributed by atoms with van der Waals surface area (Å²) in [5.74, 6) is 5.50. The number of benzene rings is 3. The Morgan fingerprint density at radius 3 is 1.25 bits per heavy atom. The van der Waals surface area contributed by atoms with Crippen molar-refractivity contribution in [2.45, 2.75) is 0 Å². The minimum Gasteiger partial charge on any atom is -0.192 e. The molecule has 0 radical (unpaired) electrons. The van der Waals surface area contributed by atoms with Gasteiger partial charge in [0.25, 0.3) is 0 Å². The summed E-state index contributed by atoms with van der Waals surface area (Å²) >= 11 is 0. The first-order valence-corrected chi connectivity index (χ1v) is 8.68. The third-order valence-corrected chi connectivity index (χ3v) is 5.44. The van der Waals surface area contributed by atoms with Gasteiger partial charge in [-0.25, -0.2) is 0 Å². The molecule has 124 valence electrons. The second kappa shape index (κ2) is 5.50. The fourth-order valence-corrected chi connectivity index (χ4v) is 4.42. The maximum Gasteiger partial charge on any atom is 0.100 e. The number of terminal acetylenes is 2. The van der Waals surface area contributed by atoms with Gasteiger partial charge >= 0.3 is 0 Å². The summed E-state index contributed by atoms with van der Waals surface area (Å²) in [4.78, 5) is 0. The van der Waals surface area contributed by atoms with Crippen LogP contribution in [0.2, 0.25) is 0 Å². The molecule has 0 spiro atoms. The Morgan fingerprint density at radius 1 is 0.571 bits per heavy atom. The highest BCUT2D eigenvalue weighted by Gasteiger charge is 2.32. The van der Waals surface area contributed by atoms with Crippen LogP contribution in [0.15, 0.2) is 48.5 Å². The maximum absolute atomic E-state index is 10.1. The van der Waals surface area contributed by atoms with E-state index in [1.807, 2.05) is 48.5 Å². The van der Waals surface area contributed by atoms with E-state index in [9.17, 15) is 10.5 Å². The summed E-state index contributed by atoms with van der Waals surface area (Å²) in [5.41, 5.74) is 7.14. The summed E-state index contributed by atoms with van der Waals surface area (Å²) in [6, 6.07) is 20.1. The van der Waals surface area contributed by atoms with Gasteiger partial charge in [-0.15, -0.1) is 12.8 Å². The van der Waals surface area contributed by atoms with Gasteiger partial charge in [-0.2, -0.15) is 10.5 Å². The Hall–Kier alpha value is -4.50. The zero-order valence-corrected chi connectivity index (χ0v) is 14.7. The number of hydrogen-bond donors (Lipinski definition) is 0.